The lowest BCUT2D eigenvalue weighted by Crippen LogP contribution is -2.04. The molecular weight excluding hydrogens is 211 g/mol. The molecule has 0 radical (unpaired) electrons. The van der Waals surface area contributed by atoms with Gasteiger partial charge in [-0.2, -0.15) is 0 Å². The highest BCUT2D eigenvalue weighted by atomic mass is 31.1. The van der Waals surface area contributed by atoms with Crippen molar-refractivity contribution in [3.63, 3.8) is 0 Å². The maximum atomic E-state index is 2.47. The molecule has 0 aliphatic heterocycles. The molecule has 0 unspecified atom stereocenters. The normalized spacial score (nSPS) is 14.8. The minimum absolute atomic E-state index is 0.00527. The van der Waals surface area contributed by atoms with Crippen LogP contribution in [-0.4, -0.2) is 11.3 Å². The van der Waals surface area contributed by atoms with Gasteiger partial charge in [-0.3, -0.25) is 0 Å². The molecule has 1 aliphatic rings. The minimum Gasteiger partial charge on any atom is -0.0718 e. The van der Waals surface area contributed by atoms with Gasteiger partial charge in [-0.05, 0) is 34.2 Å². The number of hydrogen-bond acceptors (Lipinski definition) is 0. The number of benzene rings is 1. The Morgan fingerprint density at radius 3 is 2.25 bits per heavy atom. The Balaban J connectivity index is 2.36. The fraction of sp³-hybridized carbons (Fsp3) is 0.467. The van der Waals surface area contributed by atoms with Crippen LogP contribution in [0.15, 0.2) is 30.3 Å². The molecule has 0 atom stereocenters. The van der Waals surface area contributed by atoms with Crippen LogP contribution < -0.4 is 0 Å². The second-order valence-electron chi connectivity index (χ2n) is 5.05. The third-order valence-corrected chi connectivity index (χ3v) is 6.40. The van der Waals surface area contributed by atoms with Gasteiger partial charge in [-0.1, -0.05) is 66.0 Å². The van der Waals surface area contributed by atoms with E-state index >= 15 is 0 Å². The van der Waals surface area contributed by atoms with E-state index < -0.39 is 0 Å². The molecular formula is C15H21P. The molecule has 0 nitrogen and oxygen atoms in total. The number of allylic oxidation sites excluding steroid dienone is 1. The highest BCUT2D eigenvalue weighted by molar-refractivity contribution is 7.69. The molecule has 2 rings (SSSR count). The number of fused-ring (bicyclic) bond motifs is 1. The highest BCUT2D eigenvalue weighted by Gasteiger charge is 2.26. The van der Waals surface area contributed by atoms with Gasteiger partial charge in [0.1, 0.15) is 0 Å². The van der Waals surface area contributed by atoms with Crippen LogP contribution >= 0.6 is 7.92 Å². The minimum atomic E-state index is -0.00527. The third-order valence-electron chi connectivity index (χ3n) is 3.20. The first-order valence-electron chi connectivity index (χ1n) is 6.18. The lowest BCUT2D eigenvalue weighted by atomic mass is 10.1. The van der Waals surface area contributed by atoms with Gasteiger partial charge in [0, 0.05) is 0 Å². The van der Waals surface area contributed by atoms with Crippen molar-refractivity contribution in [2.45, 2.75) is 45.4 Å². The Kier molecular flexibility index (Phi) is 3.50. The average molecular weight is 232 g/mol. The second-order valence-corrected chi connectivity index (χ2v) is 8.41. The van der Waals surface area contributed by atoms with Gasteiger partial charge in [-0.15, -0.1) is 0 Å². The van der Waals surface area contributed by atoms with E-state index in [0.29, 0.717) is 0 Å². The van der Waals surface area contributed by atoms with E-state index in [2.05, 4.69) is 58.0 Å². The Labute approximate surface area is 101 Å². The van der Waals surface area contributed by atoms with Crippen LogP contribution in [0.5, 0.6) is 0 Å². The molecule has 0 amide bonds. The van der Waals surface area contributed by atoms with E-state index in [1.165, 1.54) is 11.1 Å². The predicted octanol–water partition coefficient (Wildman–Crippen LogP) is 4.88. The van der Waals surface area contributed by atoms with Crippen LogP contribution in [-0.2, 0) is 6.42 Å². The summed E-state index contributed by atoms with van der Waals surface area (Å²) in [6.07, 6.45) is 3.61. The summed E-state index contributed by atoms with van der Waals surface area (Å²) in [7, 11) is -0.00527. The average Bonchev–Trinajstić information content (AvgIpc) is 2.61. The number of rotatable bonds is 3. The molecule has 16 heavy (non-hydrogen) atoms. The standard InChI is InChI=1S/C15H21P/c1-11(2)16(12(3)4)15-10-9-13-7-5-6-8-14(13)15/h5-8,10-12H,9H2,1-4H3. The van der Waals surface area contributed by atoms with Crippen molar-refractivity contribution in [3.8, 4) is 0 Å². The zero-order chi connectivity index (χ0) is 11.7. The predicted molar refractivity (Wildman–Crippen MR) is 75.3 cm³/mol. The topological polar surface area (TPSA) is 0 Å². The summed E-state index contributed by atoms with van der Waals surface area (Å²) >= 11 is 0. The van der Waals surface area contributed by atoms with Gasteiger partial charge in [0.25, 0.3) is 0 Å². The molecule has 0 heterocycles. The van der Waals surface area contributed by atoms with Crippen LogP contribution in [0.1, 0.15) is 38.8 Å². The van der Waals surface area contributed by atoms with Gasteiger partial charge >= 0.3 is 0 Å². The molecule has 0 saturated heterocycles. The largest absolute Gasteiger partial charge is 0.0718 e. The summed E-state index contributed by atoms with van der Waals surface area (Å²) in [5.74, 6) is 0. The Morgan fingerprint density at radius 1 is 1.00 bits per heavy atom. The maximum Gasteiger partial charge on any atom is -0.00817 e. The lowest BCUT2D eigenvalue weighted by molar-refractivity contribution is 1.02. The van der Waals surface area contributed by atoms with Crippen molar-refractivity contribution in [2.75, 3.05) is 0 Å². The molecule has 1 aromatic carbocycles. The monoisotopic (exact) mass is 232 g/mol. The van der Waals surface area contributed by atoms with Gasteiger partial charge in [-0.25, -0.2) is 0 Å². The fourth-order valence-electron chi connectivity index (χ4n) is 2.66. The van der Waals surface area contributed by atoms with Crippen LogP contribution in [0.4, 0.5) is 0 Å². The summed E-state index contributed by atoms with van der Waals surface area (Å²) in [5, 5.41) is 1.65. The Morgan fingerprint density at radius 2 is 1.62 bits per heavy atom. The lowest BCUT2D eigenvalue weighted by Gasteiger charge is -2.27. The Hall–Kier alpha value is -0.610. The molecule has 1 heteroatoms. The van der Waals surface area contributed by atoms with Crippen molar-refractivity contribution in [2.24, 2.45) is 0 Å². The first-order chi connectivity index (χ1) is 7.61. The third kappa shape index (κ3) is 2.09. The van der Waals surface area contributed by atoms with Crippen LogP contribution in [0.25, 0.3) is 5.31 Å². The summed E-state index contributed by atoms with van der Waals surface area (Å²) in [4.78, 5) is 0. The molecule has 0 spiro atoms. The summed E-state index contributed by atoms with van der Waals surface area (Å²) < 4.78 is 0. The van der Waals surface area contributed by atoms with E-state index in [1.807, 2.05) is 0 Å². The van der Waals surface area contributed by atoms with Gasteiger partial charge < -0.3 is 0 Å². The summed E-state index contributed by atoms with van der Waals surface area (Å²) in [6.45, 7) is 9.47. The molecule has 1 aromatic rings. The SMILES string of the molecule is CC(C)P(C1=CCc2ccccc21)C(C)C. The molecule has 0 fully saturated rings. The van der Waals surface area contributed by atoms with Crippen LogP contribution in [0.3, 0.4) is 0 Å². The second kappa shape index (κ2) is 4.72. The van der Waals surface area contributed by atoms with Gasteiger partial charge in [0.2, 0.25) is 0 Å². The summed E-state index contributed by atoms with van der Waals surface area (Å²) in [6, 6.07) is 8.90. The van der Waals surface area contributed by atoms with Crippen LogP contribution in [0.2, 0.25) is 0 Å². The molecule has 86 valence electrons. The van der Waals surface area contributed by atoms with Gasteiger partial charge in [0.05, 0.1) is 0 Å². The molecule has 0 bridgehead atoms. The van der Waals surface area contributed by atoms with E-state index in [4.69, 9.17) is 0 Å². The molecule has 1 aliphatic carbocycles. The first kappa shape index (κ1) is 11.9. The van der Waals surface area contributed by atoms with Crippen molar-refractivity contribution in [1.29, 1.82) is 0 Å². The fourth-order valence-corrected chi connectivity index (χ4v) is 5.77. The number of hydrogen-bond donors (Lipinski definition) is 0. The molecule has 0 saturated carbocycles. The zero-order valence-corrected chi connectivity index (χ0v) is 11.6. The van der Waals surface area contributed by atoms with Gasteiger partial charge in [0.15, 0.2) is 0 Å². The van der Waals surface area contributed by atoms with E-state index in [9.17, 15) is 0 Å². The van der Waals surface area contributed by atoms with E-state index in [0.717, 1.165) is 17.7 Å². The smallest absolute Gasteiger partial charge is 0.00817 e. The maximum absolute atomic E-state index is 2.47. The first-order valence-corrected chi connectivity index (χ1v) is 7.66. The van der Waals surface area contributed by atoms with Crippen molar-refractivity contribution >= 4 is 13.2 Å². The van der Waals surface area contributed by atoms with E-state index in [1.54, 1.807) is 5.31 Å². The molecule has 0 N–H and O–H groups in total. The van der Waals surface area contributed by atoms with E-state index in [-0.39, 0.29) is 7.92 Å². The van der Waals surface area contributed by atoms with Crippen molar-refractivity contribution in [3.05, 3.63) is 41.5 Å². The zero-order valence-electron chi connectivity index (χ0n) is 10.7. The quantitative estimate of drug-likeness (QED) is 0.651. The van der Waals surface area contributed by atoms with Crippen LogP contribution in [0, 0.1) is 0 Å². The molecule has 0 aromatic heterocycles. The Bertz CT molecular complexity index is 394. The van der Waals surface area contributed by atoms with Crippen molar-refractivity contribution < 1.29 is 0 Å². The van der Waals surface area contributed by atoms with Crippen molar-refractivity contribution in [1.82, 2.24) is 0 Å². The highest BCUT2D eigenvalue weighted by Crippen LogP contribution is 2.59. The summed E-state index contributed by atoms with van der Waals surface area (Å²) in [5.41, 5.74) is 4.61.